The molecule has 0 aromatic carbocycles. The zero-order valence-corrected chi connectivity index (χ0v) is 15.8. The molecule has 0 saturated heterocycles. The van der Waals surface area contributed by atoms with Gasteiger partial charge in [-0.1, -0.05) is 0 Å². The van der Waals surface area contributed by atoms with Crippen LogP contribution in [0.5, 0.6) is 5.75 Å². The van der Waals surface area contributed by atoms with Crippen LogP contribution in [0.15, 0.2) is 36.9 Å². The number of hydrogen-bond acceptors (Lipinski definition) is 4. The Kier molecular flexibility index (Phi) is 5.05. The summed E-state index contributed by atoms with van der Waals surface area (Å²) in [6.07, 6.45) is 8.23. The lowest BCUT2D eigenvalue weighted by atomic mass is 9.75. The van der Waals surface area contributed by atoms with Gasteiger partial charge >= 0.3 is 0 Å². The van der Waals surface area contributed by atoms with Crippen molar-refractivity contribution in [2.75, 3.05) is 7.11 Å². The van der Waals surface area contributed by atoms with Gasteiger partial charge in [0.2, 0.25) is 0 Å². The number of aliphatic hydroxyl groups is 1. The first-order valence-electron chi connectivity index (χ1n) is 8.94. The standard InChI is InChI=1S/C20H27N3O3/c1-20(2,3)23-6-5-13(12-23)19(25)22-18(14-7-16(24)8-14)15-9-17(26-4)11-21-10-15/h5-6,9-12,14,16,18,24H,7-8H2,1-4H3,(H,22,25)/t14?,16?,18-/m1/s1. The molecule has 2 heterocycles. The number of carbonyl (C=O) groups is 1. The van der Waals surface area contributed by atoms with E-state index in [-0.39, 0.29) is 29.5 Å². The Balaban J connectivity index is 1.81. The fourth-order valence-corrected chi connectivity index (χ4v) is 3.27. The maximum atomic E-state index is 12.8. The molecule has 3 rings (SSSR count). The quantitative estimate of drug-likeness (QED) is 0.863. The molecule has 2 aromatic rings. The van der Waals surface area contributed by atoms with Crippen LogP contribution in [0.3, 0.4) is 0 Å². The van der Waals surface area contributed by atoms with Gasteiger partial charge in [-0.2, -0.15) is 0 Å². The number of nitrogens with zero attached hydrogens (tertiary/aromatic N) is 2. The zero-order chi connectivity index (χ0) is 18.9. The number of ether oxygens (including phenoxy) is 1. The van der Waals surface area contributed by atoms with Crippen molar-refractivity contribution in [3.8, 4) is 5.75 Å². The van der Waals surface area contributed by atoms with Crippen molar-refractivity contribution in [2.45, 2.75) is 51.3 Å². The Morgan fingerprint density at radius 3 is 2.69 bits per heavy atom. The number of amides is 1. The first-order valence-corrected chi connectivity index (χ1v) is 8.94. The van der Waals surface area contributed by atoms with E-state index in [9.17, 15) is 9.90 Å². The van der Waals surface area contributed by atoms with Gasteiger partial charge in [-0.3, -0.25) is 9.78 Å². The third-order valence-electron chi connectivity index (χ3n) is 4.97. The highest BCUT2D eigenvalue weighted by Gasteiger charge is 2.36. The lowest BCUT2D eigenvalue weighted by molar-refractivity contribution is 0.0234. The number of rotatable bonds is 5. The van der Waals surface area contributed by atoms with Crippen LogP contribution in [0.1, 0.15) is 55.6 Å². The number of methoxy groups -OCH3 is 1. The number of hydrogen-bond donors (Lipinski definition) is 2. The number of carbonyl (C=O) groups excluding carboxylic acids is 1. The minimum Gasteiger partial charge on any atom is -0.495 e. The maximum Gasteiger partial charge on any atom is 0.253 e. The van der Waals surface area contributed by atoms with E-state index in [2.05, 4.69) is 31.1 Å². The number of aromatic nitrogens is 2. The van der Waals surface area contributed by atoms with Gasteiger partial charge in [0.15, 0.2) is 0 Å². The molecule has 0 spiro atoms. The van der Waals surface area contributed by atoms with Gasteiger partial charge in [-0.25, -0.2) is 0 Å². The molecule has 1 atom stereocenters. The Bertz CT molecular complexity index is 773. The summed E-state index contributed by atoms with van der Waals surface area (Å²) in [5.41, 5.74) is 1.44. The predicted molar refractivity (Wildman–Crippen MR) is 99.2 cm³/mol. The Morgan fingerprint density at radius 2 is 2.12 bits per heavy atom. The minimum atomic E-state index is -0.292. The van der Waals surface area contributed by atoms with Gasteiger partial charge in [-0.05, 0) is 57.2 Å². The van der Waals surface area contributed by atoms with E-state index < -0.39 is 0 Å². The second-order valence-corrected chi connectivity index (χ2v) is 7.97. The van der Waals surface area contributed by atoms with Crippen LogP contribution >= 0.6 is 0 Å². The van der Waals surface area contributed by atoms with E-state index >= 15 is 0 Å². The summed E-state index contributed by atoms with van der Waals surface area (Å²) in [6, 6.07) is 3.52. The molecule has 1 saturated carbocycles. The van der Waals surface area contributed by atoms with Crippen molar-refractivity contribution in [2.24, 2.45) is 5.92 Å². The normalized spacial score (nSPS) is 21.0. The average Bonchev–Trinajstić information content (AvgIpc) is 3.07. The smallest absolute Gasteiger partial charge is 0.253 e. The van der Waals surface area contributed by atoms with Gasteiger partial charge in [0.05, 0.1) is 31.0 Å². The first-order chi connectivity index (χ1) is 12.3. The van der Waals surface area contributed by atoms with E-state index in [1.807, 2.05) is 29.1 Å². The highest BCUT2D eigenvalue weighted by Crippen LogP contribution is 2.38. The second kappa shape index (κ2) is 7.11. The van der Waals surface area contributed by atoms with E-state index in [1.54, 1.807) is 19.5 Å². The largest absolute Gasteiger partial charge is 0.495 e. The first kappa shape index (κ1) is 18.5. The fraction of sp³-hybridized carbons (Fsp3) is 0.500. The molecule has 26 heavy (non-hydrogen) atoms. The highest BCUT2D eigenvalue weighted by atomic mass is 16.5. The van der Waals surface area contributed by atoms with E-state index in [0.29, 0.717) is 24.2 Å². The SMILES string of the molecule is COc1cncc([C@H](NC(=O)c2ccn(C(C)(C)C)c2)C2CC(O)C2)c1. The lowest BCUT2D eigenvalue weighted by Crippen LogP contribution is -2.41. The third kappa shape index (κ3) is 3.90. The molecule has 0 aliphatic heterocycles. The van der Waals surface area contributed by atoms with Gasteiger partial charge in [0.25, 0.3) is 5.91 Å². The number of pyridine rings is 1. The molecule has 1 fully saturated rings. The molecule has 0 bridgehead atoms. The summed E-state index contributed by atoms with van der Waals surface area (Å²) in [6.45, 7) is 6.28. The maximum absolute atomic E-state index is 12.8. The summed E-state index contributed by atoms with van der Waals surface area (Å²) >= 11 is 0. The predicted octanol–water partition coefficient (Wildman–Crippen LogP) is 2.89. The third-order valence-corrected chi connectivity index (χ3v) is 4.97. The molecule has 6 heteroatoms. The van der Waals surface area contributed by atoms with Crippen LogP contribution in [-0.4, -0.2) is 33.8 Å². The Labute approximate surface area is 154 Å². The van der Waals surface area contributed by atoms with Gasteiger partial charge in [0.1, 0.15) is 5.75 Å². The van der Waals surface area contributed by atoms with Crippen LogP contribution in [0.2, 0.25) is 0 Å². The topological polar surface area (TPSA) is 76.4 Å². The monoisotopic (exact) mass is 357 g/mol. The second-order valence-electron chi connectivity index (χ2n) is 7.97. The average molecular weight is 357 g/mol. The summed E-state index contributed by atoms with van der Waals surface area (Å²) in [5.74, 6) is 0.718. The van der Waals surface area contributed by atoms with Gasteiger partial charge < -0.3 is 19.7 Å². The van der Waals surface area contributed by atoms with Crippen LogP contribution in [0.25, 0.3) is 0 Å². The molecular weight excluding hydrogens is 330 g/mol. The molecule has 140 valence electrons. The fourth-order valence-electron chi connectivity index (χ4n) is 3.27. The molecule has 2 N–H and O–H groups in total. The van der Waals surface area contributed by atoms with E-state index in [0.717, 1.165) is 5.56 Å². The van der Waals surface area contributed by atoms with E-state index in [4.69, 9.17) is 4.74 Å². The molecule has 0 unspecified atom stereocenters. The van der Waals surface area contributed by atoms with Crippen LogP contribution in [-0.2, 0) is 5.54 Å². The molecule has 2 aromatic heterocycles. The molecule has 0 radical (unpaired) electrons. The summed E-state index contributed by atoms with van der Waals surface area (Å²) < 4.78 is 7.28. The van der Waals surface area contributed by atoms with Crippen molar-refractivity contribution < 1.29 is 14.6 Å². The summed E-state index contributed by atoms with van der Waals surface area (Å²) in [5, 5.41) is 12.8. The van der Waals surface area contributed by atoms with Gasteiger partial charge in [-0.15, -0.1) is 0 Å². The molecular formula is C20H27N3O3. The zero-order valence-electron chi connectivity index (χ0n) is 15.8. The molecule has 6 nitrogen and oxygen atoms in total. The molecule has 1 amide bonds. The minimum absolute atomic E-state index is 0.0767. The van der Waals surface area contributed by atoms with Gasteiger partial charge in [0, 0.05) is 24.1 Å². The van der Waals surface area contributed by atoms with E-state index in [1.165, 1.54) is 0 Å². The van der Waals surface area contributed by atoms with Crippen molar-refractivity contribution >= 4 is 5.91 Å². The highest BCUT2D eigenvalue weighted by molar-refractivity contribution is 5.94. The summed E-state index contributed by atoms with van der Waals surface area (Å²) in [7, 11) is 1.59. The Hall–Kier alpha value is -2.34. The van der Waals surface area contributed by atoms with Crippen molar-refractivity contribution in [3.05, 3.63) is 48.0 Å². The van der Waals surface area contributed by atoms with Crippen molar-refractivity contribution in [1.82, 2.24) is 14.9 Å². The molecule has 1 aliphatic rings. The van der Waals surface area contributed by atoms with Crippen molar-refractivity contribution in [3.63, 3.8) is 0 Å². The lowest BCUT2D eigenvalue weighted by Gasteiger charge is -2.38. The number of nitrogens with one attached hydrogen (secondary N) is 1. The number of aliphatic hydroxyl groups excluding tert-OH is 1. The van der Waals surface area contributed by atoms with Crippen LogP contribution < -0.4 is 10.1 Å². The van der Waals surface area contributed by atoms with Crippen LogP contribution in [0, 0.1) is 5.92 Å². The molecule has 1 aliphatic carbocycles. The Morgan fingerprint density at radius 1 is 1.38 bits per heavy atom. The summed E-state index contributed by atoms with van der Waals surface area (Å²) in [4.78, 5) is 17.0. The van der Waals surface area contributed by atoms with Crippen LogP contribution in [0.4, 0.5) is 0 Å². The van der Waals surface area contributed by atoms with Crippen molar-refractivity contribution in [1.29, 1.82) is 0 Å².